The van der Waals surface area contributed by atoms with E-state index in [1.807, 2.05) is 0 Å². The van der Waals surface area contributed by atoms with Gasteiger partial charge in [0.15, 0.2) is 0 Å². The van der Waals surface area contributed by atoms with Gasteiger partial charge in [0.05, 0.1) is 0 Å². The van der Waals surface area contributed by atoms with Gasteiger partial charge in [0.2, 0.25) is 0 Å². The lowest BCUT2D eigenvalue weighted by Crippen LogP contribution is -2.48. The summed E-state index contributed by atoms with van der Waals surface area (Å²) >= 11 is 0. The minimum atomic E-state index is 0.446. The van der Waals surface area contributed by atoms with Crippen molar-refractivity contribution in [1.29, 1.82) is 0 Å². The average molecular weight is 181 g/mol. The third kappa shape index (κ3) is 2.07. The molecule has 0 atom stereocenters. The van der Waals surface area contributed by atoms with E-state index in [9.17, 15) is 0 Å². The molecular formula is C12H23N. The van der Waals surface area contributed by atoms with Crippen LogP contribution in [0.4, 0.5) is 0 Å². The van der Waals surface area contributed by atoms with Crippen molar-refractivity contribution in [2.75, 3.05) is 0 Å². The molecule has 1 heteroatoms. The third-order valence-electron chi connectivity index (χ3n) is 4.01. The van der Waals surface area contributed by atoms with E-state index in [0.717, 1.165) is 5.41 Å². The summed E-state index contributed by atoms with van der Waals surface area (Å²) < 4.78 is 0. The molecule has 0 amide bonds. The lowest BCUT2D eigenvalue weighted by atomic mass is 9.75. The highest BCUT2D eigenvalue weighted by Gasteiger charge is 2.47. The lowest BCUT2D eigenvalue weighted by molar-refractivity contribution is 0.182. The van der Waals surface area contributed by atoms with Crippen LogP contribution in [0.15, 0.2) is 0 Å². The van der Waals surface area contributed by atoms with Crippen molar-refractivity contribution in [3.8, 4) is 0 Å². The van der Waals surface area contributed by atoms with Gasteiger partial charge in [-0.2, -0.15) is 0 Å². The van der Waals surface area contributed by atoms with Crippen LogP contribution in [-0.4, -0.2) is 11.6 Å². The molecule has 0 aromatic rings. The summed E-state index contributed by atoms with van der Waals surface area (Å²) in [4.78, 5) is 0. The van der Waals surface area contributed by atoms with Crippen molar-refractivity contribution in [3.05, 3.63) is 0 Å². The molecule has 2 saturated carbocycles. The molecule has 1 spiro atoms. The van der Waals surface area contributed by atoms with Crippen molar-refractivity contribution in [3.63, 3.8) is 0 Å². The zero-order valence-electron chi connectivity index (χ0n) is 9.32. The van der Waals surface area contributed by atoms with Crippen molar-refractivity contribution in [1.82, 2.24) is 5.32 Å². The zero-order chi connectivity index (χ0) is 9.53. The van der Waals surface area contributed by atoms with Crippen LogP contribution in [0.2, 0.25) is 0 Å². The van der Waals surface area contributed by atoms with E-state index in [4.69, 9.17) is 0 Å². The highest BCUT2D eigenvalue weighted by atomic mass is 15.0. The molecule has 1 N–H and O–H groups in total. The molecule has 2 rings (SSSR count). The van der Waals surface area contributed by atoms with Crippen LogP contribution in [0.3, 0.4) is 0 Å². The maximum atomic E-state index is 3.72. The Morgan fingerprint density at radius 2 is 1.38 bits per heavy atom. The maximum Gasteiger partial charge on any atom is 0.0156 e. The molecule has 2 aliphatic carbocycles. The Morgan fingerprint density at radius 3 is 1.77 bits per heavy atom. The molecule has 0 aromatic carbocycles. The second kappa shape index (κ2) is 2.98. The Bertz CT molecular complexity index is 181. The zero-order valence-corrected chi connectivity index (χ0v) is 9.32. The first-order valence-electron chi connectivity index (χ1n) is 5.81. The van der Waals surface area contributed by atoms with Gasteiger partial charge in [-0.3, -0.25) is 0 Å². The van der Waals surface area contributed by atoms with E-state index < -0.39 is 0 Å². The highest BCUT2D eigenvalue weighted by Crippen LogP contribution is 2.57. The number of rotatable bonds is 2. The largest absolute Gasteiger partial charge is 0.309 e. The van der Waals surface area contributed by atoms with Gasteiger partial charge in [0, 0.05) is 11.6 Å². The highest BCUT2D eigenvalue weighted by molar-refractivity contribution is 5.02. The number of hydrogen-bond acceptors (Lipinski definition) is 1. The average Bonchev–Trinajstić information content (AvgIpc) is 2.76. The normalized spacial score (nSPS) is 29.5. The van der Waals surface area contributed by atoms with Gasteiger partial charge in [-0.15, -0.1) is 0 Å². The number of hydrogen-bond donors (Lipinski definition) is 1. The summed E-state index contributed by atoms with van der Waals surface area (Å²) in [5, 5.41) is 3.72. The van der Waals surface area contributed by atoms with Gasteiger partial charge in [0.1, 0.15) is 0 Å². The molecule has 0 aliphatic heterocycles. The van der Waals surface area contributed by atoms with Crippen molar-refractivity contribution >= 4 is 0 Å². The summed E-state index contributed by atoms with van der Waals surface area (Å²) in [7, 11) is 0. The standard InChI is InChI=1S/C12H23N/c1-10(2)13-11(3)4-6-12(7-5-11)8-9-12/h10,13H,4-9H2,1-3H3. The monoisotopic (exact) mass is 181 g/mol. The van der Waals surface area contributed by atoms with Crippen LogP contribution in [0, 0.1) is 5.41 Å². The van der Waals surface area contributed by atoms with Gasteiger partial charge < -0.3 is 5.32 Å². The molecule has 2 aliphatic rings. The second-order valence-electron chi connectivity index (χ2n) is 5.86. The van der Waals surface area contributed by atoms with Crippen molar-refractivity contribution < 1.29 is 0 Å². The minimum absolute atomic E-state index is 0.446. The van der Waals surface area contributed by atoms with Gasteiger partial charge in [-0.1, -0.05) is 13.8 Å². The summed E-state index contributed by atoms with van der Waals surface area (Å²) in [5.74, 6) is 0. The molecule has 1 nitrogen and oxygen atoms in total. The Morgan fingerprint density at radius 1 is 0.923 bits per heavy atom. The second-order valence-corrected chi connectivity index (χ2v) is 5.86. The quantitative estimate of drug-likeness (QED) is 0.690. The molecular weight excluding hydrogens is 158 g/mol. The van der Waals surface area contributed by atoms with Crippen LogP contribution < -0.4 is 5.32 Å². The fourth-order valence-corrected chi connectivity index (χ4v) is 2.85. The molecule has 2 fully saturated rings. The smallest absolute Gasteiger partial charge is 0.0156 e. The molecule has 0 unspecified atom stereocenters. The Labute approximate surface area is 82.3 Å². The summed E-state index contributed by atoms with van der Waals surface area (Å²) in [6.07, 6.45) is 8.78. The van der Waals surface area contributed by atoms with Gasteiger partial charge in [0.25, 0.3) is 0 Å². The van der Waals surface area contributed by atoms with E-state index in [1.54, 1.807) is 0 Å². The fourth-order valence-electron chi connectivity index (χ4n) is 2.85. The third-order valence-corrected chi connectivity index (χ3v) is 4.01. The van der Waals surface area contributed by atoms with Crippen LogP contribution in [0.5, 0.6) is 0 Å². The van der Waals surface area contributed by atoms with Gasteiger partial charge >= 0.3 is 0 Å². The predicted molar refractivity (Wildman–Crippen MR) is 56.8 cm³/mol. The number of nitrogens with one attached hydrogen (secondary N) is 1. The van der Waals surface area contributed by atoms with Crippen molar-refractivity contribution in [2.45, 2.75) is 70.9 Å². The van der Waals surface area contributed by atoms with E-state index in [2.05, 4.69) is 26.1 Å². The van der Waals surface area contributed by atoms with E-state index in [0.29, 0.717) is 11.6 Å². The first-order chi connectivity index (χ1) is 6.04. The van der Waals surface area contributed by atoms with Crippen molar-refractivity contribution in [2.24, 2.45) is 5.41 Å². The predicted octanol–water partition coefficient (Wildman–Crippen LogP) is 3.10. The van der Waals surface area contributed by atoms with E-state index in [-0.39, 0.29) is 0 Å². The molecule has 0 aromatic heterocycles. The van der Waals surface area contributed by atoms with Crippen LogP contribution in [0.1, 0.15) is 59.3 Å². The SMILES string of the molecule is CC(C)NC1(C)CCC2(CC2)CC1. The molecule has 0 radical (unpaired) electrons. The fraction of sp³-hybridized carbons (Fsp3) is 1.00. The molecule has 0 bridgehead atoms. The maximum absolute atomic E-state index is 3.72. The van der Waals surface area contributed by atoms with Crippen LogP contribution in [-0.2, 0) is 0 Å². The summed E-state index contributed by atoms with van der Waals surface area (Å²) in [5.41, 5.74) is 1.28. The van der Waals surface area contributed by atoms with Gasteiger partial charge in [-0.25, -0.2) is 0 Å². The summed E-state index contributed by atoms with van der Waals surface area (Å²) in [6.45, 7) is 6.92. The first kappa shape index (κ1) is 9.51. The Kier molecular flexibility index (Phi) is 2.18. The Balaban J connectivity index is 1.87. The van der Waals surface area contributed by atoms with E-state index in [1.165, 1.54) is 38.5 Å². The topological polar surface area (TPSA) is 12.0 Å². The molecule has 76 valence electrons. The van der Waals surface area contributed by atoms with Crippen LogP contribution in [0.25, 0.3) is 0 Å². The van der Waals surface area contributed by atoms with E-state index >= 15 is 0 Å². The molecule has 0 saturated heterocycles. The minimum Gasteiger partial charge on any atom is -0.309 e. The molecule has 0 heterocycles. The Hall–Kier alpha value is -0.0400. The summed E-state index contributed by atoms with van der Waals surface area (Å²) in [6, 6.07) is 0.637. The molecule has 13 heavy (non-hydrogen) atoms. The lowest BCUT2D eigenvalue weighted by Gasteiger charge is -2.40. The first-order valence-corrected chi connectivity index (χ1v) is 5.81. The van der Waals surface area contributed by atoms with Gasteiger partial charge in [-0.05, 0) is 50.9 Å². The van der Waals surface area contributed by atoms with Crippen LogP contribution >= 0.6 is 0 Å².